The van der Waals surface area contributed by atoms with Gasteiger partial charge in [0.25, 0.3) is 0 Å². The number of hydrogen-bond acceptors (Lipinski definition) is 4. The van der Waals surface area contributed by atoms with Crippen molar-refractivity contribution in [3.63, 3.8) is 0 Å². The van der Waals surface area contributed by atoms with Crippen LogP contribution >= 0.6 is 11.3 Å². The van der Waals surface area contributed by atoms with Crippen LogP contribution in [0.25, 0.3) is 42.6 Å². The molecule has 0 atom stereocenters. The van der Waals surface area contributed by atoms with E-state index in [-0.39, 0.29) is 48.9 Å². The molecule has 3 heterocycles. The summed E-state index contributed by atoms with van der Waals surface area (Å²) in [5.74, 6) is 1.21. The molecule has 2 aromatic heterocycles. The normalized spacial score (nSPS) is 13.7. The Morgan fingerprint density at radius 3 is 2.19 bits per heavy atom. The summed E-state index contributed by atoms with van der Waals surface area (Å²) in [7, 11) is -1.79. The smallest absolute Gasteiger partial charge is 0.162 e. The van der Waals surface area contributed by atoms with Crippen LogP contribution in [0, 0.1) is 23.8 Å². The largest absolute Gasteiger partial charge is 0.512 e. The number of ketones is 1. The number of hydrogen-bond donors (Lipinski definition) is 1. The SMILES string of the molecule is CC(C)Cc1ccc2c(c1)-c1sc3c(-c4[c-]c5ccccc5c(C(C)(C)C)c4)nccc3c1[Si]2(C)C.CCC(CC)C(=O)/C=C(\O)C(CC)CC.[Ir]. The molecule has 0 saturated heterocycles. The monoisotopic (exact) mass is 909 g/mol. The van der Waals surface area contributed by atoms with E-state index >= 15 is 0 Å². The van der Waals surface area contributed by atoms with E-state index in [1.165, 1.54) is 48.5 Å². The van der Waals surface area contributed by atoms with Gasteiger partial charge < -0.3 is 5.11 Å². The Morgan fingerprint density at radius 1 is 0.923 bits per heavy atom. The first-order chi connectivity index (χ1) is 24.2. The van der Waals surface area contributed by atoms with Crippen molar-refractivity contribution in [2.75, 3.05) is 0 Å². The Balaban J connectivity index is 0.000000323. The zero-order valence-corrected chi connectivity index (χ0v) is 37.4. The third kappa shape index (κ3) is 8.41. The van der Waals surface area contributed by atoms with E-state index in [1.807, 2.05) is 45.2 Å². The summed E-state index contributed by atoms with van der Waals surface area (Å²) in [6.07, 6.45) is 8.05. The quantitative estimate of drug-likeness (QED) is 0.0657. The fraction of sp³-hybridized carbons (Fsp3) is 0.435. The number of rotatable bonds is 10. The second-order valence-corrected chi connectivity index (χ2v) is 21.6. The van der Waals surface area contributed by atoms with Crippen molar-refractivity contribution in [3.05, 3.63) is 89.8 Å². The molecule has 279 valence electrons. The second-order valence-electron chi connectivity index (χ2n) is 16.3. The average Bonchev–Trinajstić information content (AvgIpc) is 3.58. The van der Waals surface area contributed by atoms with Crippen LogP contribution in [0.4, 0.5) is 0 Å². The molecule has 1 aliphatic heterocycles. The number of benzene rings is 3. The van der Waals surface area contributed by atoms with Gasteiger partial charge in [-0.05, 0) is 76.4 Å². The van der Waals surface area contributed by atoms with Crippen LogP contribution < -0.4 is 10.4 Å². The van der Waals surface area contributed by atoms with Crippen molar-refractivity contribution in [1.29, 1.82) is 0 Å². The zero-order chi connectivity index (χ0) is 37.2. The molecule has 0 amide bonds. The molecule has 1 N–H and O–H groups in total. The molecule has 6 heteroatoms. The van der Waals surface area contributed by atoms with Gasteiger partial charge in [0, 0.05) is 59.5 Å². The Bertz CT molecular complexity index is 2060. The van der Waals surface area contributed by atoms with Gasteiger partial charge in [-0.25, -0.2) is 0 Å². The maximum Gasteiger partial charge on any atom is 0.162 e. The number of carbonyl (C=O) groups is 1. The fourth-order valence-corrected chi connectivity index (χ4v) is 13.4. The van der Waals surface area contributed by atoms with Crippen molar-refractivity contribution in [3.8, 4) is 21.7 Å². The van der Waals surface area contributed by atoms with E-state index in [0.717, 1.165) is 43.4 Å². The molecule has 0 fully saturated rings. The summed E-state index contributed by atoms with van der Waals surface area (Å²) in [6.45, 7) is 24.6. The number of aliphatic hydroxyl groups is 1. The van der Waals surface area contributed by atoms with Crippen LogP contribution in [-0.2, 0) is 36.7 Å². The molecular weight excluding hydrogens is 851 g/mol. The third-order valence-electron chi connectivity index (χ3n) is 10.8. The predicted molar refractivity (Wildman–Crippen MR) is 225 cm³/mol. The summed E-state index contributed by atoms with van der Waals surface area (Å²) < 4.78 is 1.31. The molecular formula is C46H58IrNO2SSi-. The van der Waals surface area contributed by atoms with Gasteiger partial charge in [0.1, 0.15) is 8.07 Å². The van der Waals surface area contributed by atoms with E-state index in [1.54, 1.807) is 10.4 Å². The van der Waals surface area contributed by atoms with Gasteiger partial charge in [-0.2, -0.15) is 0 Å². The molecule has 3 aromatic carbocycles. The van der Waals surface area contributed by atoms with Crippen molar-refractivity contribution < 1.29 is 30.0 Å². The molecule has 52 heavy (non-hydrogen) atoms. The van der Waals surface area contributed by atoms with Crippen LogP contribution in [0.3, 0.4) is 0 Å². The fourth-order valence-electron chi connectivity index (χ4n) is 7.84. The van der Waals surface area contributed by atoms with E-state index in [9.17, 15) is 9.90 Å². The summed E-state index contributed by atoms with van der Waals surface area (Å²) in [5, 5.41) is 16.8. The molecule has 0 aliphatic carbocycles. The summed E-state index contributed by atoms with van der Waals surface area (Å²) in [4.78, 5) is 18.2. The number of aliphatic hydroxyl groups excluding tert-OH is 1. The summed E-state index contributed by atoms with van der Waals surface area (Å²) >= 11 is 1.95. The van der Waals surface area contributed by atoms with Gasteiger partial charge in [-0.1, -0.05) is 123 Å². The Hall–Kier alpha value is -2.89. The topological polar surface area (TPSA) is 50.2 Å². The first kappa shape index (κ1) is 41.9. The number of thiophene rings is 1. The van der Waals surface area contributed by atoms with Crippen molar-refractivity contribution >= 4 is 56.4 Å². The minimum atomic E-state index is -1.79. The number of pyridine rings is 1. The van der Waals surface area contributed by atoms with E-state index in [2.05, 4.69) is 108 Å². The van der Waals surface area contributed by atoms with Crippen LogP contribution in [0.5, 0.6) is 0 Å². The summed E-state index contributed by atoms with van der Waals surface area (Å²) in [5.41, 5.74) is 6.51. The van der Waals surface area contributed by atoms with Gasteiger partial charge in [0.05, 0.1) is 5.76 Å². The molecule has 6 rings (SSSR count). The zero-order valence-electron chi connectivity index (χ0n) is 33.2. The van der Waals surface area contributed by atoms with Crippen LogP contribution in [0.2, 0.25) is 13.1 Å². The molecule has 0 spiro atoms. The van der Waals surface area contributed by atoms with E-state index in [4.69, 9.17) is 4.98 Å². The van der Waals surface area contributed by atoms with Crippen molar-refractivity contribution in [1.82, 2.24) is 4.98 Å². The Kier molecular flexibility index (Phi) is 13.7. The van der Waals surface area contributed by atoms with Gasteiger partial charge in [-0.3, -0.25) is 9.78 Å². The maximum absolute atomic E-state index is 11.7. The molecule has 0 saturated carbocycles. The first-order valence-corrected chi connectivity index (χ1v) is 22.9. The molecule has 1 aliphatic rings. The van der Waals surface area contributed by atoms with E-state index in [0.29, 0.717) is 5.92 Å². The maximum atomic E-state index is 11.7. The van der Waals surface area contributed by atoms with Gasteiger partial charge >= 0.3 is 0 Å². The number of allylic oxidation sites excluding steroid dienone is 2. The van der Waals surface area contributed by atoms with Crippen LogP contribution in [0.15, 0.2) is 72.6 Å². The number of carbonyl (C=O) groups excluding carboxylic acids is 1. The number of aromatic nitrogens is 1. The third-order valence-corrected chi connectivity index (χ3v) is 15.8. The van der Waals surface area contributed by atoms with Crippen LogP contribution in [0.1, 0.15) is 99.1 Å². The van der Waals surface area contributed by atoms with Gasteiger partial charge in [0.2, 0.25) is 0 Å². The molecule has 3 nitrogen and oxygen atoms in total. The van der Waals surface area contributed by atoms with Gasteiger partial charge in [0.15, 0.2) is 5.78 Å². The Labute approximate surface area is 331 Å². The van der Waals surface area contributed by atoms with E-state index < -0.39 is 8.07 Å². The molecule has 1 radical (unpaired) electrons. The van der Waals surface area contributed by atoms with Crippen molar-refractivity contribution in [2.24, 2.45) is 17.8 Å². The summed E-state index contributed by atoms with van der Waals surface area (Å²) in [6, 6.07) is 24.3. The van der Waals surface area contributed by atoms with Crippen LogP contribution in [-0.4, -0.2) is 23.9 Å². The molecule has 0 unspecified atom stereocenters. The minimum Gasteiger partial charge on any atom is -0.512 e. The Morgan fingerprint density at radius 2 is 1.58 bits per heavy atom. The average molecular weight is 909 g/mol. The number of fused-ring (bicyclic) bond motifs is 6. The number of nitrogens with zero attached hydrogens (tertiary/aromatic N) is 1. The van der Waals surface area contributed by atoms with Gasteiger partial charge in [-0.15, -0.1) is 40.5 Å². The molecule has 5 aromatic rings. The standard InChI is InChI=1S/C33H34NSSi.C13H24O2.Ir/c1-20(2)16-21-12-13-28-26(17-21)31-32(36(28,6)7)25-14-15-34-29(30(25)35-31)23-18-22-10-8-9-11-24(22)27(19-23)33(3,4)5;1-5-10(6-2)12(14)9-13(15)11(7-3)8-4;/h8-15,17,19-20H,16H2,1-7H3;9-11,14H,5-8H2,1-4H3;/q-1;;/b;12-9-;. The minimum absolute atomic E-state index is 0. The predicted octanol–water partition coefficient (Wildman–Crippen LogP) is 12.1. The first-order valence-electron chi connectivity index (χ1n) is 19.1. The second kappa shape index (κ2) is 17.1. The molecule has 0 bridgehead atoms. The van der Waals surface area contributed by atoms with Crippen molar-refractivity contribution in [2.45, 2.75) is 113 Å².